The third-order valence-electron chi connectivity index (χ3n) is 3.43. The highest BCUT2D eigenvalue weighted by molar-refractivity contribution is 5.85. The molecule has 1 aromatic heterocycles. The van der Waals surface area contributed by atoms with Gasteiger partial charge in [-0.05, 0) is 12.5 Å². The maximum atomic E-state index is 4.58. The summed E-state index contributed by atoms with van der Waals surface area (Å²) in [6, 6.07) is 10.4. The van der Waals surface area contributed by atoms with Crippen LogP contribution in [0, 0.1) is 0 Å². The zero-order valence-electron chi connectivity index (χ0n) is 11.2. The molecule has 2 heterocycles. The van der Waals surface area contributed by atoms with E-state index >= 15 is 0 Å². The minimum Gasteiger partial charge on any atom is -0.335 e. The van der Waals surface area contributed by atoms with Crippen LogP contribution in [0.25, 0.3) is 0 Å². The highest BCUT2D eigenvalue weighted by Gasteiger charge is 2.29. The zero-order chi connectivity index (χ0) is 13.2. The SMILES string of the molecule is CCC1=Nc2nncn2C(c2ccccc2)N1CC. The van der Waals surface area contributed by atoms with E-state index in [4.69, 9.17) is 0 Å². The third kappa shape index (κ3) is 1.91. The molecule has 5 nitrogen and oxygen atoms in total. The van der Waals surface area contributed by atoms with Crippen LogP contribution in [-0.4, -0.2) is 32.0 Å². The smallest absolute Gasteiger partial charge is 0.254 e. The Bertz CT molecular complexity index is 587. The summed E-state index contributed by atoms with van der Waals surface area (Å²) in [6.45, 7) is 5.18. The van der Waals surface area contributed by atoms with Gasteiger partial charge in [-0.2, -0.15) is 4.99 Å². The fourth-order valence-electron chi connectivity index (χ4n) is 2.56. The predicted octanol–water partition coefficient (Wildman–Crippen LogP) is 2.60. The van der Waals surface area contributed by atoms with Gasteiger partial charge in [-0.15, -0.1) is 10.2 Å². The van der Waals surface area contributed by atoms with Gasteiger partial charge in [0.15, 0.2) is 0 Å². The highest BCUT2D eigenvalue weighted by Crippen LogP contribution is 2.31. The lowest BCUT2D eigenvalue weighted by Crippen LogP contribution is -2.40. The van der Waals surface area contributed by atoms with Gasteiger partial charge < -0.3 is 4.90 Å². The van der Waals surface area contributed by atoms with Crippen molar-refractivity contribution in [2.45, 2.75) is 26.4 Å². The summed E-state index contributed by atoms with van der Waals surface area (Å²) in [5.41, 5.74) is 1.23. The van der Waals surface area contributed by atoms with Crippen LogP contribution in [0.2, 0.25) is 0 Å². The molecule has 1 aliphatic rings. The molecule has 1 aromatic carbocycles. The maximum Gasteiger partial charge on any atom is 0.254 e. The molecule has 1 atom stereocenters. The normalized spacial score (nSPS) is 18.1. The molecule has 0 radical (unpaired) electrons. The Labute approximate surface area is 112 Å². The third-order valence-corrected chi connectivity index (χ3v) is 3.43. The zero-order valence-corrected chi connectivity index (χ0v) is 11.2. The molecule has 0 N–H and O–H groups in total. The molecular formula is C14H17N5. The number of nitrogens with zero attached hydrogens (tertiary/aromatic N) is 5. The second kappa shape index (κ2) is 4.84. The lowest BCUT2D eigenvalue weighted by atomic mass is 10.1. The number of rotatable bonds is 3. The van der Waals surface area contributed by atoms with Crippen molar-refractivity contribution in [3.05, 3.63) is 42.2 Å². The first kappa shape index (κ1) is 11.9. The Morgan fingerprint density at radius 2 is 1.95 bits per heavy atom. The van der Waals surface area contributed by atoms with Crippen molar-refractivity contribution < 1.29 is 0 Å². The average molecular weight is 255 g/mol. The van der Waals surface area contributed by atoms with E-state index in [-0.39, 0.29) is 6.17 Å². The van der Waals surface area contributed by atoms with Crippen molar-refractivity contribution in [2.24, 2.45) is 4.99 Å². The van der Waals surface area contributed by atoms with E-state index in [0.717, 1.165) is 18.8 Å². The molecule has 0 bridgehead atoms. The van der Waals surface area contributed by atoms with Crippen molar-refractivity contribution in [2.75, 3.05) is 6.54 Å². The lowest BCUT2D eigenvalue weighted by molar-refractivity contribution is 0.277. The van der Waals surface area contributed by atoms with E-state index in [9.17, 15) is 0 Å². The van der Waals surface area contributed by atoms with E-state index in [1.165, 1.54) is 5.56 Å². The first-order valence-corrected chi connectivity index (χ1v) is 6.63. The lowest BCUT2D eigenvalue weighted by Gasteiger charge is -2.37. The summed E-state index contributed by atoms with van der Waals surface area (Å²) < 4.78 is 2.03. The molecule has 0 fully saturated rings. The van der Waals surface area contributed by atoms with Crippen LogP contribution < -0.4 is 0 Å². The molecule has 3 rings (SSSR count). The molecule has 0 spiro atoms. The molecule has 0 amide bonds. The van der Waals surface area contributed by atoms with Crippen LogP contribution in [0.4, 0.5) is 5.95 Å². The van der Waals surface area contributed by atoms with Crippen LogP contribution >= 0.6 is 0 Å². The van der Waals surface area contributed by atoms with E-state index < -0.39 is 0 Å². The molecule has 0 saturated carbocycles. The van der Waals surface area contributed by atoms with Gasteiger partial charge in [0.2, 0.25) is 0 Å². The maximum absolute atomic E-state index is 4.58. The Morgan fingerprint density at radius 3 is 2.63 bits per heavy atom. The Morgan fingerprint density at radius 1 is 1.16 bits per heavy atom. The van der Waals surface area contributed by atoms with Gasteiger partial charge in [-0.1, -0.05) is 37.3 Å². The summed E-state index contributed by atoms with van der Waals surface area (Å²) in [5.74, 6) is 1.76. The van der Waals surface area contributed by atoms with Gasteiger partial charge in [0.25, 0.3) is 5.95 Å². The van der Waals surface area contributed by atoms with Gasteiger partial charge in [-0.25, -0.2) is 0 Å². The van der Waals surface area contributed by atoms with Gasteiger partial charge in [-0.3, -0.25) is 4.57 Å². The first-order valence-electron chi connectivity index (χ1n) is 6.63. The quantitative estimate of drug-likeness (QED) is 0.847. The number of hydrogen-bond acceptors (Lipinski definition) is 4. The number of benzene rings is 1. The van der Waals surface area contributed by atoms with Crippen LogP contribution in [0.3, 0.4) is 0 Å². The summed E-state index contributed by atoms with van der Waals surface area (Å²) in [5, 5.41) is 8.09. The van der Waals surface area contributed by atoms with Crippen molar-refractivity contribution in [3.63, 3.8) is 0 Å². The monoisotopic (exact) mass is 255 g/mol. The molecule has 0 aliphatic carbocycles. The average Bonchev–Trinajstić information content (AvgIpc) is 2.93. The Kier molecular flexibility index (Phi) is 3.03. The second-order valence-electron chi connectivity index (χ2n) is 4.49. The number of aromatic nitrogens is 3. The minimum atomic E-state index is 0.101. The first-order chi connectivity index (χ1) is 9.35. The Hall–Kier alpha value is -2.17. The van der Waals surface area contributed by atoms with Gasteiger partial charge in [0, 0.05) is 13.0 Å². The number of aliphatic imine (C=N–C) groups is 1. The van der Waals surface area contributed by atoms with Crippen LogP contribution in [-0.2, 0) is 0 Å². The second-order valence-corrected chi connectivity index (χ2v) is 4.49. The van der Waals surface area contributed by atoms with E-state index in [1.807, 2.05) is 10.6 Å². The fraction of sp³-hybridized carbons (Fsp3) is 0.357. The standard InChI is InChI=1S/C14H17N5/c1-3-12-16-14-17-15-10-19(14)13(18(12)4-2)11-8-6-5-7-9-11/h5-10,13H,3-4H2,1-2H3. The predicted molar refractivity (Wildman–Crippen MR) is 74.4 cm³/mol. The van der Waals surface area contributed by atoms with E-state index in [1.54, 1.807) is 6.33 Å². The molecule has 1 aliphatic heterocycles. The van der Waals surface area contributed by atoms with E-state index in [2.05, 4.69) is 58.2 Å². The number of hydrogen-bond donors (Lipinski definition) is 0. The number of amidine groups is 1. The van der Waals surface area contributed by atoms with Crippen molar-refractivity contribution in [1.82, 2.24) is 19.7 Å². The minimum absolute atomic E-state index is 0.101. The van der Waals surface area contributed by atoms with E-state index in [0.29, 0.717) is 5.95 Å². The molecule has 1 unspecified atom stereocenters. The van der Waals surface area contributed by atoms with Crippen molar-refractivity contribution in [1.29, 1.82) is 0 Å². The molecule has 0 saturated heterocycles. The summed E-state index contributed by atoms with van der Waals surface area (Å²) >= 11 is 0. The molecule has 19 heavy (non-hydrogen) atoms. The van der Waals surface area contributed by atoms with Crippen LogP contribution in [0.1, 0.15) is 32.0 Å². The largest absolute Gasteiger partial charge is 0.335 e. The van der Waals surface area contributed by atoms with Crippen LogP contribution in [0.15, 0.2) is 41.7 Å². The van der Waals surface area contributed by atoms with Crippen molar-refractivity contribution in [3.8, 4) is 0 Å². The molecule has 98 valence electrons. The molecule has 5 heteroatoms. The van der Waals surface area contributed by atoms with Crippen molar-refractivity contribution >= 4 is 11.8 Å². The topological polar surface area (TPSA) is 46.3 Å². The van der Waals surface area contributed by atoms with Gasteiger partial charge in [0.05, 0.1) is 0 Å². The highest BCUT2D eigenvalue weighted by atomic mass is 15.4. The van der Waals surface area contributed by atoms with Crippen LogP contribution in [0.5, 0.6) is 0 Å². The van der Waals surface area contributed by atoms with Gasteiger partial charge >= 0.3 is 0 Å². The summed E-state index contributed by atoms with van der Waals surface area (Å²) in [4.78, 5) is 6.88. The number of fused-ring (bicyclic) bond motifs is 1. The molecular weight excluding hydrogens is 238 g/mol. The summed E-state index contributed by atoms with van der Waals surface area (Å²) in [7, 11) is 0. The van der Waals surface area contributed by atoms with Gasteiger partial charge in [0.1, 0.15) is 18.3 Å². The Balaban J connectivity index is 2.14. The molecule has 2 aromatic rings. The summed E-state index contributed by atoms with van der Waals surface area (Å²) in [6.07, 6.45) is 2.75. The fourth-order valence-corrected chi connectivity index (χ4v) is 2.56.